The summed E-state index contributed by atoms with van der Waals surface area (Å²) in [6.45, 7) is 3.24. The lowest BCUT2D eigenvalue weighted by Crippen LogP contribution is -2.24. The maximum atomic E-state index is 12.3. The molecule has 3 rings (SSSR count). The molecule has 160 valence electrons. The number of rotatable bonds is 10. The zero-order valence-electron chi connectivity index (χ0n) is 17.5. The standard InChI is InChI=1S/C25H26N2O4/c1-18-4-10-21(11-5-18)30-17-3-2-16-27-25(29)20-8-14-23(15-9-20)31-22-12-6-19(7-13-22)24(26)28/h4-15H,2-3,16-17H2,1H3,(H2,26,28)(H,27,29). The molecule has 0 spiro atoms. The second-order valence-electron chi connectivity index (χ2n) is 7.14. The Morgan fingerprint density at radius 1 is 0.774 bits per heavy atom. The molecule has 0 fully saturated rings. The quantitative estimate of drug-likeness (QED) is 0.475. The van der Waals surface area contributed by atoms with Gasteiger partial charge in [0.15, 0.2) is 0 Å². The molecule has 3 aromatic rings. The van der Waals surface area contributed by atoms with Crippen molar-refractivity contribution in [3.63, 3.8) is 0 Å². The van der Waals surface area contributed by atoms with Crippen LogP contribution < -0.4 is 20.5 Å². The largest absolute Gasteiger partial charge is 0.494 e. The third-order valence-corrected chi connectivity index (χ3v) is 4.64. The Morgan fingerprint density at radius 3 is 1.90 bits per heavy atom. The number of carbonyl (C=O) groups is 2. The Bertz CT molecular complexity index is 997. The van der Waals surface area contributed by atoms with Gasteiger partial charge in [-0.15, -0.1) is 0 Å². The van der Waals surface area contributed by atoms with Crippen LogP contribution in [0.2, 0.25) is 0 Å². The van der Waals surface area contributed by atoms with Gasteiger partial charge in [-0.1, -0.05) is 17.7 Å². The Hall–Kier alpha value is -3.80. The number of hydrogen-bond acceptors (Lipinski definition) is 4. The molecule has 2 amide bonds. The van der Waals surface area contributed by atoms with E-state index in [0.717, 1.165) is 18.6 Å². The number of amides is 2. The van der Waals surface area contributed by atoms with Crippen molar-refractivity contribution in [1.82, 2.24) is 5.32 Å². The van der Waals surface area contributed by atoms with Gasteiger partial charge in [-0.05, 0) is 80.4 Å². The molecule has 0 aliphatic heterocycles. The van der Waals surface area contributed by atoms with Gasteiger partial charge in [-0.3, -0.25) is 9.59 Å². The fourth-order valence-corrected chi connectivity index (χ4v) is 2.85. The summed E-state index contributed by atoms with van der Waals surface area (Å²) < 4.78 is 11.4. The van der Waals surface area contributed by atoms with E-state index in [1.807, 2.05) is 31.2 Å². The lowest BCUT2D eigenvalue weighted by Gasteiger charge is -2.09. The highest BCUT2D eigenvalue weighted by Crippen LogP contribution is 2.22. The first-order chi connectivity index (χ1) is 15.0. The van der Waals surface area contributed by atoms with E-state index in [1.165, 1.54) is 5.56 Å². The van der Waals surface area contributed by atoms with Gasteiger partial charge in [0, 0.05) is 17.7 Å². The van der Waals surface area contributed by atoms with E-state index >= 15 is 0 Å². The van der Waals surface area contributed by atoms with Crippen LogP contribution >= 0.6 is 0 Å². The zero-order chi connectivity index (χ0) is 22.1. The van der Waals surface area contributed by atoms with E-state index in [2.05, 4.69) is 5.32 Å². The molecule has 0 aromatic heterocycles. The molecule has 0 atom stereocenters. The molecule has 31 heavy (non-hydrogen) atoms. The molecule has 0 radical (unpaired) electrons. The molecule has 0 heterocycles. The van der Waals surface area contributed by atoms with Crippen LogP contribution in [0, 0.1) is 6.92 Å². The Balaban J connectivity index is 1.37. The fourth-order valence-electron chi connectivity index (χ4n) is 2.85. The highest BCUT2D eigenvalue weighted by atomic mass is 16.5. The summed E-state index contributed by atoms with van der Waals surface area (Å²) in [5.74, 6) is 1.42. The fraction of sp³-hybridized carbons (Fsp3) is 0.200. The van der Waals surface area contributed by atoms with Crippen LogP contribution in [0.3, 0.4) is 0 Å². The predicted octanol–water partition coefficient (Wildman–Crippen LogP) is 4.48. The number of unbranched alkanes of at least 4 members (excludes halogenated alkanes) is 1. The molecule has 0 aliphatic rings. The van der Waals surface area contributed by atoms with E-state index in [9.17, 15) is 9.59 Å². The first kappa shape index (κ1) is 21.9. The van der Waals surface area contributed by atoms with Crippen molar-refractivity contribution in [2.24, 2.45) is 5.73 Å². The molecule has 3 N–H and O–H groups in total. The number of nitrogens with one attached hydrogen (secondary N) is 1. The van der Waals surface area contributed by atoms with Crippen molar-refractivity contribution in [3.05, 3.63) is 89.5 Å². The van der Waals surface area contributed by atoms with Crippen LogP contribution in [0.4, 0.5) is 0 Å². The maximum Gasteiger partial charge on any atom is 0.251 e. The van der Waals surface area contributed by atoms with E-state index in [1.54, 1.807) is 48.5 Å². The summed E-state index contributed by atoms with van der Waals surface area (Å²) in [6, 6.07) is 21.4. The van der Waals surface area contributed by atoms with Gasteiger partial charge in [0.05, 0.1) is 6.61 Å². The van der Waals surface area contributed by atoms with Crippen molar-refractivity contribution in [2.75, 3.05) is 13.2 Å². The lowest BCUT2D eigenvalue weighted by molar-refractivity contribution is 0.0951. The van der Waals surface area contributed by atoms with Gasteiger partial charge in [-0.2, -0.15) is 0 Å². The number of nitrogens with two attached hydrogens (primary N) is 1. The van der Waals surface area contributed by atoms with Crippen LogP contribution in [-0.2, 0) is 0 Å². The monoisotopic (exact) mass is 418 g/mol. The minimum Gasteiger partial charge on any atom is -0.494 e. The van der Waals surface area contributed by atoms with Gasteiger partial charge >= 0.3 is 0 Å². The van der Waals surface area contributed by atoms with Crippen molar-refractivity contribution < 1.29 is 19.1 Å². The van der Waals surface area contributed by atoms with Gasteiger partial charge in [0.25, 0.3) is 5.91 Å². The van der Waals surface area contributed by atoms with Crippen molar-refractivity contribution in [2.45, 2.75) is 19.8 Å². The summed E-state index contributed by atoms with van der Waals surface area (Å²) >= 11 is 0. The molecule has 0 unspecified atom stereocenters. The lowest BCUT2D eigenvalue weighted by atomic mass is 10.2. The first-order valence-corrected chi connectivity index (χ1v) is 10.2. The predicted molar refractivity (Wildman–Crippen MR) is 120 cm³/mol. The first-order valence-electron chi connectivity index (χ1n) is 10.2. The van der Waals surface area contributed by atoms with E-state index < -0.39 is 5.91 Å². The van der Waals surface area contributed by atoms with Crippen LogP contribution in [0.15, 0.2) is 72.8 Å². The summed E-state index contributed by atoms with van der Waals surface area (Å²) in [5.41, 5.74) is 7.41. The third-order valence-electron chi connectivity index (χ3n) is 4.64. The molecule has 3 aromatic carbocycles. The van der Waals surface area contributed by atoms with Gasteiger partial charge in [0.2, 0.25) is 5.91 Å². The highest BCUT2D eigenvalue weighted by Gasteiger charge is 2.06. The Kier molecular flexibility index (Phi) is 7.65. The number of carbonyl (C=O) groups excluding carboxylic acids is 2. The van der Waals surface area contributed by atoms with Crippen LogP contribution in [0.25, 0.3) is 0 Å². The normalized spacial score (nSPS) is 10.4. The SMILES string of the molecule is Cc1ccc(OCCCCNC(=O)c2ccc(Oc3ccc(C(N)=O)cc3)cc2)cc1. The van der Waals surface area contributed by atoms with Gasteiger partial charge in [-0.25, -0.2) is 0 Å². The number of ether oxygens (including phenoxy) is 2. The number of hydrogen-bond donors (Lipinski definition) is 2. The van der Waals surface area contributed by atoms with Crippen molar-refractivity contribution in [3.8, 4) is 17.2 Å². The summed E-state index contributed by atoms with van der Waals surface area (Å²) in [4.78, 5) is 23.4. The average Bonchev–Trinajstić information content (AvgIpc) is 2.78. The smallest absolute Gasteiger partial charge is 0.251 e. The molecule has 6 nitrogen and oxygen atoms in total. The van der Waals surface area contributed by atoms with Crippen molar-refractivity contribution in [1.29, 1.82) is 0 Å². The minimum atomic E-state index is -0.485. The van der Waals surface area contributed by atoms with E-state index in [4.69, 9.17) is 15.2 Å². The Morgan fingerprint density at radius 2 is 1.32 bits per heavy atom. The van der Waals surface area contributed by atoms with Crippen LogP contribution in [0.1, 0.15) is 39.1 Å². The summed E-state index contributed by atoms with van der Waals surface area (Å²) in [7, 11) is 0. The number of aryl methyl sites for hydroxylation is 1. The van der Waals surface area contributed by atoms with E-state index in [0.29, 0.717) is 35.8 Å². The summed E-state index contributed by atoms with van der Waals surface area (Å²) in [6.07, 6.45) is 1.69. The molecule has 6 heteroatoms. The zero-order valence-corrected chi connectivity index (χ0v) is 17.5. The van der Waals surface area contributed by atoms with Crippen LogP contribution in [0.5, 0.6) is 17.2 Å². The Labute approximate surface area is 182 Å². The maximum absolute atomic E-state index is 12.3. The molecule has 0 bridgehead atoms. The summed E-state index contributed by atoms with van der Waals surface area (Å²) in [5, 5.41) is 2.91. The third kappa shape index (κ3) is 6.89. The molecule has 0 saturated heterocycles. The van der Waals surface area contributed by atoms with Crippen molar-refractivity contribution >= 4 is 11.8 Å². The molecule has 0 saturated carbocycles. The number of benzene rings is 3. The number of primary amides is 1. The highest BCUT2D eigenvalue weighted by molar-refractivity contribution is 5.94. The average molecular weight is 418 g/mol. The van der Waals surface area contributed by atoms with Gasteiger partial charge < -0.3 is 20.5 Å². The van der Waals surface area contributed by atoms with Gasteiger partial charge in [0.1, 0.15) is 17.2 Å². The molecule has 0 aliphatic carbocycles. The minimum absolute atomic E-state index is 0.128. The second kappa shape index (κ2) is 10.8. The molecular weight excluding hydrogens is 392 g/mol. The topological polar surface area (TPSA) is 90.7 Å². The van der Waals surface area contributed by atoms with Crippen LogP contribution in [-0.4, -0.2) is 25.0 Å². The second-order valence-corrected chi connectivity index (χ2v) is 7.14. The molecular formula is C25H26N2O4. The van der Waals surface area contributed by atoms with E-state index in [-0.39, 0.29) is 5.91 Å².